The Morgan fingerprint density at radius 3 is 2.93 bits per heavy atom. The predicted octanol–water partition coefficient (Wildman–Crippen LogP) is 2.95. The first-order valence-corrected chi connectivity index (χ1v) is 4.78. The molecule has 14 heavy (non-hydrogen) atoms. The standard InChI is InChI=1S/C11H14FNO/c1-2-3-7-11(14)13-10-6-4-5-9(12)8-10/h4-6,8H,2-3,7H2,1H3,(H,13,14). The van der Waals surface area contributed by atoms with E-state index in [0.717, 1.165) is 12.8 Å². The molecule has 1 amide bonds. The number of carbonyl (C=O) groups is 1. The van der Waals surface area contributed by atoms with Gasteiger partial charge < -0.3 is 5.32 Å². The first kappa shape index (κ1) is 10.7. The summed E-state index contributed by atoms with van der Waals surface area (Å²) in [6.07, 6.45) is 2.34. The highest BCUT2D eigenvalue weighted by molar-refractivity contribution is 5.90. The normalized spacial score (nSPS) is 9.86. The predicted molar refractivity (Wildman–Crippen MR) is 54.6 cm³/mol. The van der Waals surface area contributed by atoms with Gasteiger partial charge in [-0.2, -0.15) is 0 Å². The van der Waals surface area contributed by atoms with Gasteiger partial charge in [-0.1, -0.05) is 19.4 Å². The van der Waals surface area contributed by atoms with Crippen molar-refractivity contribution in [3.8, 4) is 0 Å². The molecule has 0 aliphatic carbocycles. The molecule has 2 nitrogen and oxygen atoms in total. The van der Waals surface area contributed by atoms with Crippen molar-refractivity contribution >= 4 is 11.6 Å². The van der Waals surface area contributed by atoms with Crippen molar-refractivity contribution in [3.63, 3.8) is 0 Å². The maximum absolute atomic E-state index is 12.7. The van der Waals surface area contributed by atoms with Crippen LogP contribution < -0.4 is 5.32 Å². The van der Waals surface area contributed by atoms with Gasteiger partial charge in [0.05, 0.1) is 0 Å². The Morgan fingerprint density at radius 1 is 1.50 bits per heavy atom. The fourth-order valence-electron chi connectivity index (χ4n) is 1.13. The van der Waals surface area contributed by atoms with Crippen LogP contribution in [0.2, 0.25) is 0 Å². The van der Waals surface area contributed by atoms with Gasteiger partial charge >= 0.3 is 0 Å². The number of nitrogens with one attached hydrogen (secondary N) is 1. The van der Waals surface area contributed by atoms with Crippen molar-refractivity contribution in [2.75, 3.05) is 5.32 Å². The van der Waals surface area contributed by atoms with Gasteiger partial charge in [0, 0.05) is 12.1 Å². The summed E-state index contributed by atoms with van der Waals surface area (Å²) in [5.74, 6) is -0.393. The fraction of sp³-hybridized carbons (Fsp3) is 0.364. The van der Waals surface area contributed by atoms with Crippen LogP contribution in [0.15, 0.2) is 24.3 Å². The molecule has 0 spiro atoms. The molecule has 1 rings (SSSR count). The molecule has 0 unspecified atom stereocenters. The van der Waals surface area contributed by atoms with E-state index in [9.17, 15) is 9.18 Å². The molecular formula is C11H14FNO. The van der Waals surface area contributed by atoms with Gasteiger partial charge in [-0.25, -0.2) is 4.39 Å². The summed E-state index contributed by atoms with van der Waals surface area (Å²) in [6, 6.07) is 5.91. The molecule has 0 aliphatic heterocycles. The van der Waals surface area contributed by atoms with Crippen LogP contribution in [-0.2, 0) is 4.79 Å². The van der Waals surface area contributed by atoms with Crippen molar-refractivity contribution in [1.82, 2.24) is 0 Å². The van der Waals surface area contributed by atoms with Crippen molar-refractivity contribution in [2.45, 2.75) is 26.2 Å². The highest BCUT2D eigenvalue weighted by Crippen LogP contribution is 2.09. The van der Waals surface area contributed by atoms with E-state index in [2.05, 4.69) is 5.32 Å². The van der Waals surface area contributed by atoms with E-state index < -0.39 is 0 Å². The van der Waals surface area contributed by atoms with E-state index in [4.69, 9.17) is 0 Å². The maximum Gasteiger partial charge on any atom is 0.224 e. The largest absolute Gasteiger partial charge is 0.326 e. The molecule has 3 heteroatoms. The first-order chi connectivity index (χ1) is 6.72. The van der Waals surface area contributed by atoms with Crippen LogP contribution >= 0.6 is 0 Å². The zero-order valence-corrected chi connectivity index (χ0v) is 8.22. The van der Waals surface area contributed by atoms with E-state index in [-0.39, 0.29) is 11.7 Å². The van der Waals surface area contributed by atoms with Gasteiger partial charge in [0.1, 0.15) is 5.82 Å². The monoisotopic (exact) mass is 195 g/mol. The van der Waals surface area contributed by atoms with Gasteiger partial charge in [-0.15, -0.1) is 0 Å². The van der Waals surface area contributed by atoms with Gasteiger partial charge in [-0.3, -0.25) is 4.79 Å². The summed E-state index contributed by atoms with van der Waals surface area (Å²) in [6.45, 7) is 2.02. The number of amides is 1. The van der Waals surface area contributed by atoms with E-state index in [1.54, 1.807) is 12.1 Å². The molecule has 0 aliphatic rings. The number of carbonyl (C=O) groups excluding carboxylic acids is 1. The molecule has 0 fully saturated rings. The molecule has 0 saturated carbocycles. The number of halogens is 1. The summed E-state index contributed by atoms with van der Waals surface area (Å²) in [5.41, 5.74) is 0.520. The van der Waals surface area contributed by atoms with E-state index in [1.165, 1.54) is 12.1 Å². The smallest absolute Gasteiger partial charge is 0.224 e. The summed E-state index contributed by atoms with van der Waals surface area (Å²) in [5, 5.41) is 2.64. The Balaban J connectivity index is 2.47. The Hall–Kier alpha value is -1.38. The Kier molecular flexibility index (Phi) is 4.11. The minimum atomic E-state index is -0.335. The number of anilines is 1. The number of unbranched alkanes of at least 4 members (excludes halogenated alkanes) is 1. The zero-order chi connectivity index (χ0) is 10.4. The van der Waals surface area contributed by atoms with Crippen LogP contribution in [-0.4, -0.2) is 5.91 Å². The van der Waals surface area contributed by atoms with Crippen LogP contribution in [0.5, 0.6) is 0 Å². The third kappa shape index (κ3) is 3.56. The van der Waals surface area contributed by atoms with Gasteiger partial charge in [0.25, 0.3) is 0 Å². The molecule has 1 N–H and O–H groups in total. The molecule has 76 valence electrons. The average Bonchev–Trinajstić information content (AvgIpc) is 2.15. The lowest BCUT2D eigenvalue weighted by molar-refractivity contribution is -0.116. The molecule has 0 bridgehead atoms. The van der Waals surface area contributed by atoms with Gasteiger partial charge in [0.2, 0.25) is 5.91 Å². The average molecular weight is 195 g/mol. The van der Waals surface area contributed by atoms with Crippen LogP contribution in [0, 0.1) is 5.82 Å². The van der Waals surface area contributed by atoms with Crippen LogP contribution in [0.4, 0.5) is 10.1 Å². The zero-order valence-electron chi connectivity index (χ0n) is 8.22. The third-order valence-corrected chi connectivity index (χ3v) is 1.87. The SMILES string of the molecule is CCCCC(=O)Nc1cccc(F)c1. The molecular weight excluding hydrogens is 181 g/mol. The lowest BCUT2D eigenvalue weighted by atomic mass is 10.2. The number of hydrogen-bond acceptors (Lipinski definition) is 1. The second-order valence-electron chi connectivity index (χ2n) is 3.16. The molecule has 1 aromatic carbocycles. The number of benzene rings is 1. The summed E-state index contributed by atoms with van der Waals surface area (Å²) in [7, 11) is 0. The highest BCUT2D eigenvalue weighted by atomic mass is 19.1. The Bertz CT molecular complexity index is 312. The Labute approximate surface area is 83.1 Å². The minimum Gasteiger partial charge on any atom is -0.326 e. The van der Waals surface area contributed by atoms with Crippen molar-refractivity contribution in [1.29, 1.82) is 0 Å². The van der Waals surface area contributed by atoms with Crippen LogP contribution in [0.25, 0.3) is 0 Å². The summed E-state index contributed by atoms with van der Waals surface area (Å²) < 4.78 is 12.7. The van der Waals surface area contributed by atoms with Crippen molar-refractivity contribution < 1.29 is 9.18 Å². The molecule has 0 saturated heterocycles. The molecule has 1 aromatic rings. The molecule has 0 aromatic heterocycles. The summed E-state index contributed by atoms with van der Waals surface area (Å²) >= 11 is 0. The molecule has 0 atom stereocenters. The third-order valence-electron chi connectivity index (χ3n) is 1.87. The fourth-order valence-corrected chi connectivity index (χ4v) is 1.13. The second kappa shape index (κ2) is 5.37. The first-order valence-electron chi connectivity index (χ1n) is 4.78. The number of rotatable bonds is 4. The van der Waals surface area contributed by atoms with E-state index >= 15 is 0 Å². The Morgan fingerprint density at radius 2 is 2.29 bits per heavy atom. The lowest BCUT2D eigenvalue weighted by Crippen LogP contribution is -2.10. The van der Waals surface area contributed by atoms with Crippen molar-refractivity contribution in [3.05, 3.63) is 30.1 Å². The molecule has 0 radical (unpaired) electrons. The second-order valence-corrected chi connectivity index (χ2v) is 3.16. The highest BCUT2D eigenvalue weighted by Gasteiger charge is 2.01. The van der Waals surface area contributed by atoms with Crippen molar-refractivity contribution in [2.24, 2.45) is 0 Å². The number of hydrogen-bond donors (Lipinski definition) is 1. The minimum absolute atomic E-state index is 0.0579. The summed E-state index contributed by atoms with van der Waals surface area (Å²) in [4.78, 5) is 11.2. The molecule has 0 heterocycles. The van der Waals surface area contributed by atoms with Gasteiger partial charge in [-0.05, 0) is 24.6 Å². The van der Waals surface area contributed by atoms with Crippen LogP contribution in [0.3, 0.4) is 0 Å². The van der Waals surface area contributed by atoms with Crippen LogP contribution in [0.1, 0.15) is 26.2 Å². The van der Waals surface area contributed by atoms with Gasteiger partial charge in [0.15, 0.2) is 0 Å². The topological polar surface area (TPSA) is 29.1 Å². The van der Waals surface area contributed by atoms with E-state index in [0.29, 0.717) is 12.1 Å². The quantitative estimate of drug-likeness (QED) is 0.786. The lowest BCUT2D eigenvalue weighted by Gasteiger charge is -2.03. The maximum atomic E-state index is 12.7. The van der Waals surface area contributed by atoms with E-state index in [1.807, 2.05) is 6.92 Å².